The normalized spacial score (nSPS) is 21.9. The predicted molar refractivity (Wildman–Crippen MR) is 56.7 cm³/mol. The maximum atomic E-state index is 5.78. The van der Waals surface area contributed by atoms with Gasteiger partial charge >= 0.3 is 0 Å². The molecule has 4 heteroatoms. The summed E-state index contributed by atoms with van der Waals surface area (Å²) >= 11 is 5.78. The van der Waals surface area contributed by atoms with E-state index < -0.39 is 0 Å². The number of halogens is 1. The van der Waals surface area contributed by atoms with Crippen molar-refractivity contribution in [1.29, 1.82) is 0 Å². The molecule has 1 atom stereocenters. The zero-order valence-electron chi connectivity index (χ0n) is 7.87. The van der Waals surface area contributed by atoms with Crippen molar-refractivity contribution in [1.82, 2.24) is 4.98 Å². The SMILES string of the molecule is Clc1cccc(N[C@H]2CCCOC2)n1. The molecule has 1 N–H and O–H groups in total. The van der Waals surface area contributed by atoms with Crippen LogP contribution in [0.1, 0.15) is 12.8 Å². The molecule has 1 aromatic heterocycles. The highest BCUT2D eigenvalue weighted by Crippen LogP contribution is 2.14. The predicted octanol–water partition coefficient (Wildman–Crippen LogP) is 2.33. The van der Waals surface area contributed by atoms with E-state index in [4.69, 9.17) is 16.3 Å². The Balaban J connectivity index is 1.95. The summed E-state index contributed by atoms with van der Waals surface area (Å²) in [4.78, 5) is 4.17. The molecule has 2 rings (SSSR count). The Labute approximate surface area is 88.4 Å². The largest absolute Gasteiger partial charge is 0.379 e. The fourth-order valence-electron chi connectivity index (χ4n) is 1.55. The maximum Gasteiger partial charge on any atom is 0.131 e. The Morgan fingerprint density at radius 1 is 1.50 bits per heavy atom. The van der Waals surface area contributed by atoms with E-state index >= 15 is 0 Å². The van der Waals surface area contributed by atoms with Crippen molar-refractivity contribution >= 4 is 17.4 Å². The average molecular weight is 213 g/mol. The van der Waals surface area contributed by atoms with Gasteiger partial charge in [0, 0.05) is 6.61 Å². The number of nitrogens with one attached hydrogen (secondary N) is 1. The van der Waals surface area contributed by atoms with Gasteiger partial charge in [-0.05, 0) is 25.0 Å². The van der Waals surface area contributed by atoms with Gasteiger partial charge < -0.3 is 10.1 Å². The van der Waals surface area contributed by atoms with E-state index in [9.17, 15) is 0 Å². The summed E-state index contributed by atoms with van der Waals surface area (Å²) in [6.45, 7) is 1.63. The average Bonchev–Trinajstić information content (AvgIpc) is 2.19. The van der Waals surface area contributed by atoms with Crippen LogP contribution in [0, 0.1) is 0 Å². The Bertz CT molecular complexity index is 300. The summed E-state index contributed by atoms with van der Waals surface area (Å²) in [5.74, 6) is 0.827. The van der Waals surface area contributed by atoms with E-state index in [0.717, 1.165) is 31.9 Å². The second-order valence-electron chi connectivity index (χ2n) is 3.40. The van der Waals surface area contributed by atoms with Crippen LogP contribution in [0.3, 0.4) is 0 Å². The quantitative estimate of drug-likeness (QED) is 0.765. The Morgan fingerprint density at radius 3 is 3.14 bits per heavy atom. The molecule has 0 unspecified atom stereocenters. The van der Waals surface area contributed by atoms with Gasteiger partial charge in [0.25, 0.3) is 0 Å². The third-order valence-electron chi connectivity index (χ3n) is 2.23. The number of aromatic nitrogens is 1. The van der Waals surface area contributed by atoms with Gasteiger partial charge in [0.2, 0.25) is 0 Å². The Morgan fingerprint density at radius 2 is 2.43 bits per heavy atom. The third kappa shape index (κ3) is 2.59. The number of hydrogen-bond acceptors (Lipinski definition) is 3. The second kappa shape index (κ2) is 4.62. The van der Waals surface area contributed by atoms with Crippen LogP contribution in [-0.4, -0.2) is 24.2 Å². The van der Waals surface area contributed by atoms with Crippen molar-refractivity contribution in [2.24, 2.45) is 0 Å². The summed E-state index contributed by atoms with van der Waals surface area (Å²) in [6, 6.07) is 5.95. The number of ether oxygens (including phenoxy) is 1. The molecule has 0 amide bonds. The van der Waals surface area contributed by atoms with Gasteiger partial charge in [-0.1, -0.05) is 17.7 Å². The molecule has 0 aliphatic carbocycles. The molecule has 1 aliphatic heterocycles. The van der Waals surface area contributed by atoms with E-state index in [1.54, 1.807) is 6.07 Å². The first kappa shape index (κ1) is 9.74. The van der Waals surface area contributed by atoms with Crippen LogP contribution in [0.25, 0.3) is 0 Å². The number of pyridine rings is 1. The summed E-state index contributed by atoms with van der Waals surface area (Å²) < 4.78 is 5.36. The number of anilines is 1. The maximum absolute atomic E-state index is 5.78. The first-order chi connectivity index (χ1) is 6.84. The van der Waals surface area contributed by atoms with Gasteiger partial charge in [0.15, 0.2) is 0 Å². The summed E-state index contributed by atoms with van der Waals surface area (Å²) in [5, 5.41) is 3.82. The van der Waals surface area contributed by atoms with Crippen molar-refractivity contribution in [2.45, 2.75) is 18.9 Å². The monoisotopic (exact) mass is 212 g/mol. The minimum Gasteiger partial charge on any atom is -0.379 e. The fraction of sp³-hybridized carbons (Fsp3) is 0.500. The molecule has 0 aromatic carbocycles. The molecule has 0 spiro atoms. The highest BCUT2D eigenvalue weighted by Gasteiger charge is 2.13. The van der Waals surface area contributed by atoms with E-state index in [0.29, 0.717) is 11.2 Å². The molecule has 2 heterocycles. The molecule has 1 fully saturated rings. The molecule has 0 radical (unpaired) electrons. The van der Waals surface area contributed by atoms with Gasteiger partial charge in [0.05, 0.1) is 12.6 Å². The summed E-state index contributed by atoms with van der Waals surface area (Å²) in [6.07, 6.45) is 2.24. The highest BCUT2D eigenvalue weighted by atomic mass is 35.5. The standard InChI is InChI=1S/C10H13ClN2O/c11-9-4-1-5-10(13-9)12-8-3-2-6-14-7-8/h1,4-5,8H,2-3,6-7H2,(H,12,13)/t8-/m0/s1. The topological polar surface area (TPSA) is 34.1 Å². The molecular formula is C10H13ClN2O. The van der Waals surface area contributed by atoms with Crippen LogP contribution in [0.15, 0.2) is 18.2 Å². The van der Waals surface area contributed by atoms with Gasteiger partial charge in [-0.2, -0.15) is 0 Å². The van der Waals surface area contributed by atoms with Gasteiger partial charge in [0.1, 0.15) is 11.0 Å². The van der Waals surface area contributed by atoms with Crippen molar-refractivity contribution in [3.8, 4) is 0 Å². The second-order valence-corrected chi connectivity index (χ2v) is 3.79. The van der Waals surface area contributed by atoms with Crippen LogP contribution < -0.4 is 5.32 Å². The summed E-state index contributed by atoms with van der Waals surface area (Å²) in [7, 11) is 0. The lowest BCUT2D eigenvalue weighted by Gasteiger charge is -2.23. The minimum atomic E-state index is 0.370. The molecule has 1 saturated heterocycles. The van der Waals surface area contributed by atoms with Crippen LogP contribution in [0.4, 0.5) is 5.82 Å². The Kier molecular flexibility index (Phi) is 3.22. The van der Waals surface area contributed by atoms with Crippen LogP contribution in [-0.2, 0) is 4.74 Å². The van der Waals surface area contributed by atoms with Gasteiger partial charge in [-0.25, -0.2) is 4.98 Å². The van der Waals surface area contributed by atoms with E-state index in [-0.39, 0.29) is 0 Å². The van der Waals surface area contributed by atoms with Crippen molar-refractivity contribution in [3.05, 3.63) is 23.4 Å². The zero-order valence-corrected chi connectivity index (χ0v) is 8.63. The smallest absolute Gasteiger partial charge is 0.131 e. The molecule has 76 valence electrons. The van der Waals surface area contributed by atoms with Crippen LogP contribution in [0.2, 0.25) is 5.15 Å². The van der Waals surface area contributed by atoms with Crippen LogP contribution >= 0.6 is 11.6 Å². The van der Waals surface area contributed by atoms with E-state index in [1.807, 2.05) is 12.1 Å². The number of rotatable bonds is 2. The minimum absolute atomic E-state index is 0.370. The fourth-order valence-corrected chi connectivity index (χ4v) is 1.72. The van der Waals surface area contributed by atoms with E-state index in [2.05, 4.69) is 10.3 Å². The first-order valence-corrected chi connectivity index (χ1v) is 5.19. The van der Waals surface area contributed by atoms with Gasteiger partial charge in [-0.15, -0.1) is 0 Å². The molecule has 1 aliphatic rings. The van der Waals surface area contributed by atoms with Crippen LogP contribution in [0.5, 0.6) is 0 Å². The Hall–Kier alpha value is -0.800. The van der Waals surface area contributed by atoms with Gasteiger partial charge in [-0.3, -0.25) is 0 Å². The molecule has 0 bridgehead atoms. The lowest BCUT2D eigenvalue weighted by atomic mass is 10.1. The number of hydrogen-bond donors (Lipinski definition) is 1. The van der Waals surface area contributed by atoms with Crippen molar-refractivity contribution in [3.63, 3.8) is 0 Å². The lowest BCUT2D eigenvalue weighted by Crippen LogP contribution is -2.30. The molecule has 1 aromatic rings. The molecular weight excluding hydrogens is 200 g/mol. The van der Waals surface area contributed by atoms with E-state index in [1.165, 1.54) is 0 Å². The van der Waals surface area contributed by atoms with Crippen molar-refractivity contribution < 1.29 is 4.74 Å². The number of nitrogens with zero attached hydrogens (tertiary/aromatic N) is 1. The first-order valence-electron chi connectivity index (χ1n) is 4.81. The summed E-state index contributed by atoms with van der Waals surface area (Å²) in [5.41, 5.74) is 0. The zero-order chi connectivity index (χ0) is 9.80. The highest BCUT2D eigenvalue weighted by molar-refractivity contribution is 6.29. The third-order valence-corrected chi connectivity index (χ3v) is 2.44. The van der Waals surface area contributed by atoms with Crippen molar-refractivity contribution in [2.75, 3.05) is 18.5 Å². The molecule has 3 nitrogen and oxygen atoms in total. The molecule has 14 heavy (non-hydrogen) atoms. The molecule has 0 saturated carbocycles. The lowest BCUT2D eigenvalue weighted by molar-refractivity contribution is 0.0875.